The number of halogens is 1. The highest BCUT2D eigenvalue weighted by Crippen LogP contribution is 2.20. The topological polar surface area (TPSA) is 64.5 Å². The highest BCUT2D eigenvalue weighted by atomic mass is 35.5. The Labute approximate surface area is 123 Å². The fourth-order valence-electron chi connectivity index (χ4n) is 1.87. The van der Waals surface area contributed by atoms with Crippen LogP contribution in [0.3, 0.4) is 0 Å². The highest BCUT2D eigenvalue weighted by molar-refractivity contribution is 6.29. The lowest BCUT2D eigenvalue weighted by atomic mass is 10.2. The maximum absolute atomic E-state index is 11.9. The number of hydrogen-bond acceptors (Lipinski definition) is 5. The summed E-state index contributed by atoms with van der Waals surface area (Å²) in [5.41, 5.74) is -0.490. The van der Waals surface area contributed by atoms with Crippen molar-refractivity contribution in [2.24, 2.45) is 0 Å². The van der Waals surface area contributed by atoms with Crippen molar-refractivity contribution in [1.82, 2.24) is 14.9 Å². The predicted octanol–water partition coefficient (Wildman–Crippen LogP) is 2.52. The van der Waals surface area contributed by atoms with Crippen molar-refractivity contribution < 1.29 is 14.3 Å². The Morgan fingerprint density at radius 3 is 2.85 bits per heavy atom. The second-order valence-corrected chi connectivity index (χ2v) is 6.02. The molecular weight excluding hydrogens is 282 g/mol. The molecule has 1 amide bonds. The van der Waals surface area contributed by atoms with Crippen molar-refractivity contribution in [3.05, 3.63) is 17.5 Å². The molecule has 1 aliphatic rings. The third-order valence-corrected chi connectivity index (χ3v) is 2.90. The third kappa shape index (κ3) is 4.23. The summed E-state index contributed by atoms with van der Waals surface area (Å²) in [6.07, 6.45) is 1.66. The first-order valence-electron chi connectivity index (χ1n) is 6.45. The van der Waals surface area contributed by atoms with Crippen LogP contribution in [-0.4, -0.2) is 45.8 Å². The summed E-state index contributed by atoms with van der Waals surface area (Å²) < 4.78 is 11.0. The Bertz CT molecular complexity index is 490. The summed E-state index contributed by atoms with van der Waals surface area (Å²) in [6.45, 7) is 6.63. The largest absolute Gasteiger partial charge is 0.472 e. The molecule has 0 aromatic carbocycles. The minimum Gasteiger partial charge on any atom is -0.472 e. The molecule has 0 saturated carbocycles. The summed E-state index contributed by atoms with van der Waals surface area (Å²) in [5.74, 6) is 0.418. The molecule has 1 aliphatic heterocycles. The molecule has 20 heavy (non-hydrogen) atoms. The first kappa shape index (κ1) is 14.8. The van der Waals surface area contributed by atoms with Gasteiger partial charge in [0, 0.05) is 19.0 Å². The van der Waals surface area contributed by atoms with Crippen LogP contribution in [0.5, 0.6) is 5.88 Å². The Hall–Kier alpha value is -1.56. The fraction of sp³-hybridized carbons (Fsp3) is 0.615. The first-order chi connectivity index (χ1) is 9.33. The maximum Gasteiger partial charge on any atom is 0.410 e. The summed E-state index contributed by atoms with van der Waals surface area (Å²) in [6, 6.07) is 1.55. The van der Waals surface area contributed by atoms with E-state index in [2.05, 4.69) is 9.97 Å². The molecule has 0 radical (unpaired) electrons. The van der Waals surface area contributed by atoms with Crippen LogP contribution in [-0.2, 0) is 4.74 Å². The van der Waals surface area contributed by atoms with Gasteiger partial charge in [0.15, 0.2) is 0 Å². The van der Waals surface area contributed by atoms with Crippen molar-refractivity contribution in [1.29, 1.82) is 0 Å². The number of aromatic nitrogens is 2. The molecule has 0 spiro atoms. The Morgan fingerprint density at radius 2 is 2.20 bits per heavy atom. The van der Waals surface area contributed by atoms with Gasteiger partial charge >= 0.3 is 6.09 Å². The zero-order valence-corrected chi connectivity index (χ0v) is 12.6. The second-order valence-electron chi connectivity index (χ2n) is 5.63. The monoisotopic (exact) mass is 299 g/mol. The predicted molar refractivity (Wildman–Crippen MR) is 73.9 cm³/mol. The van der Waals surface area contributed by atoms with Crippen LogP contribution in [0.15, 0.2) is 12.4 Å². The van der Waals surface area contributed by atoms with Gasteiger partial charge in [0.05, 0.1) is 6.54 Å². The lowest BCUT2D eigenvalue weighted by molar-refractivity contribution is 0.0275. The molecule has 1 atom stereocenters. The van der Waals surface area contributed by atoms with E-state index in [-0.39, 0.29) is 12.2 Å². The minimum absolute atomic E-state index is 0.103. The molecule has 0 aliphatic carbocycles. The summed E-state index contributed by atoms with van der Waals surface area (Å²) in [7, 11) is 0. The maximum atomic E-state index is 11.9. The molecule has 6 nitrogen and oxygen atoms in total. The molecule has 2 rings (SSSR count). The quantitative estimate of drug-likeness (QED) is 0.785. The summed E-state index contributed by atoms with van der Waals surface area (Å²) >= 11 is 5.77. The van der Waals surface area contributed by atoms with Crippen molar-refractivity contribution in [2.45, 2.75) is 38.9 Å². The van der Waals surface area contributed by atoms with Gasteiger partial charge in [-0.1, -0.05) is 11.6 Å². The van der Waals surface area contributed by atoms with Crippen molar-refractivity contribution >= 4 is 17.7 Å². The molecule has 1 unspecified atom stereocenters. The molecule has 2 heterocycles. The van der Waals surface area contributed by atoms with Gasteiger partial charge in [-0.2, -0.15) is 0 Å². The molecule has 0 bridgehead atoms. The molecule has 7 heteroatoms. The van der Waals surface area contributed by atoms with Gasteiger partial charge in [0.1, 0.15) is 23.2 Å². The van der Waals surface area contributed by atoms with Crippen LogP contribution in [0.2, 0.25) is 5.15 Å². The van der Waals surface area contributed by atoms with Crippen molar-refractivity contribution in [3.8, 4) is 5.88 Å². The van der Waals surface area contributed by atoms with E-state index in [9.17, 15) is 4.79 Å². The number of ether oxygens (including phenoxy) is 2. The van der Waals surface area contributed by atoms with Crippen LogP contribution in [0.1, 0.15) is 27.2 Å². The minimum atomic E-state index is -0.490. The lowest BCUT2D eigenvalue weighted by Crippen LogP contribution is -2.36. The van der Waals surface area contributed by atoms with Gasteiger partial charge in [-0.15, -0.1) is 0 Å². The number of amides is 1. The van der Waals surface area contributed by atoms with E-state index in [0.29, 0.717) is 24.1 Å². The number of carbonyl (C=O) groups excluding carboxylic acids is 1. The lowest BCUT2D eigenvalue weighted by Gasteiger charge is -2.24. The molecule has 0 N–H and O–H groups in total. The van der Waals surface area contributed by atoms with Crippen LogP contribution in [0, 0.1) is 0 Å². The smallest absolute Gasteiger partial charge is 0.410 e. The van der Waals surface area contributed by atoms with E-state index < -0.39 is 5.60 Å². The Morgan fingerprint density at radius 1 is 1.45 bits per heavy atom. The van der Waals surface area contributed by atoms with Crippen molar-refractivity contribution in [3.63, 3.8) is 0 Å². The van der Waals surface area contributed by atoms with E-state index in [4.69, 9.17) is 21.1 Å². The Balaban J connectivity index is 1.88. The molecule has 110 valence electrons. The van der Waals surface area contributed by atoms with Crippen LogP contribution in [0.25, 0.3) is 0 Å². The van der Waals surface area contributed by atoms with E-state index in [1.54, 1.807) is 11.0 Å². The first-order valence-corrected chi connectivity index (χ1v) is 6.83. The normalized spacial score (nSPS) is 19.0. The summed E-state index contributed by atoms with van der Waals surface area (Å²) in [4.78, 5) is 21.3. The SMILES string of the molecule is CC(C)(C)OC(=O)N1CCC(Oc2cc(Cl)ncn2)C1. The number of nitrogens with zero attached hydrogens (tertiary/aromatic N) is 3. The molecule has 1 fully saturated rings. The average Bonchev–Trinajstić information content (AvgIpc) is 2.75. The van der Waals surface area contributed by atoms with Gasteiger partial charge < -0.3 is 14.4 Å². The highest BCUT2D eigenvalue weighted by Gasteiger charge is 2.31. The second kappa shape index (κ2) is 5.83. The van der Waals surface area contributed by atoms with E-state index in [0.717, 1.165) is 6.42 Å². The van der Waals surface area contributed by atoms with E-state index in [1.165, 1.54) is 6.33 Å². The van der Waals surface area contributed by atoms with Gasteiger partial charge in [-0.3, -0.25) is 0 Å². The van der Waals surface area contributed by atoms with Gasteiger partial charge in [-0.25, -0.2) is 14.8 Å². The van der Waals surface area contributed by atoms with Gasteiger partial charge in [0.25, 0.3) is 0 Å². The third-order valence-electron chi connectivity index (χ3n) is 2.69. The van der Waals surface area contributed by atoms with Gasteiger partial charge in [0.2, 0.25) is 5.88 Å². The molecule has 1 saturated heterocycles. The number of hydrogen-bond donors (Lipinski definition) is 0. The van der Waals surface area contributed by atoms with Crippen LogP contribution in [0.4, 0.5) is 4.79 Å². The molecule has 1 aromatic rings. The summed E-state index contributed by atoms with van der Waals surface area (Å²) in [5, 5.41) is 0.331. The van der Waals surface area contributed by atoms with Crippen LogP contribution < -0.4 is 4.74 Å². The van der Waals surface area contributed by atoms with Crippen LogP contribution >= 0.6 is 11.6 Å². The number of carbonyl (C=O) groups is 1. The van der Waals surface area contributed by atoms with Crippen molar-refractivity contribution in [2.75, 3.05) is 13.1 Å². The van der Waals surface area contributed by atoms with E-state index in [1.807, 2.05) is 20.8 Å². The fourth-order valence-corrected chi connectivity index (χ4v) is 2.01. The van der Waals surface area contributed by atoms with E-state index >= 15 is 0 Å². The molecular formula is C13H18ClN3O3. The zero-order chi connectivity index (χ0) is 14.8. The zero-order valence-electron chi connectivity index (χ0n) is 11.8. The van der Waals surface area contributed by atoms with Gasteiger partial charge in [-0.05, 0) is 20.8 Å². The number of likely N-dealkylation sites (tertiary alicyclic amines) is 1. The molecule has 1 aromatic heterocycles. The number of rotatable bonds is 2. The average molecular weight is 300 g/mol. The standard InChI is InChI=1S/C13H18ClN3O3/c1-13(2,3)20-12(18)17-5-4-9(7-17)19-11-6-10(14)15-8-16-11/h6,8-9H,4-5,7H2,1-3H3. The Kier molecular flexibility index (Phi) is 4.32.